The van der Waals surface area contributed by atoms with Crippen molar-refractivity contribution in [3.63, 3.8) is 0 Å². The number of rotatable bonds is 7. The van der Waals surface area contributed by atoms with Gasteiger partial charge >= 0.3 is 0 Å². The predicted octanol–water partition coefficient (Wildman–Crippen LogP) is 6.05. The number of thiophene rings is 1. The van der Waals surface area contributed by atoms with Crippen molar-refractivity contribution in [3.8, 4) is 5.75 Å². The van der Waals surface area contributed by atoms with E-state index in [0.29, 0.717) is 27.1 Å². The standard InChI is InChI=1S/C23H15BrFN3O4S/c24-17-4-6-20(32-13-14-2-1-3-18(25)8-14)16(9-17)12-26-27-23(29)22-11-15-10-19(28(30)31)5-7-21(15)33-22/h1-12H,13H2,(H,27,29)/b26-12-. The van der Waals surface area contributed by atoms with Crippen LogP contribution >= 0.6 is 27.3 Å². The minimum Gasteiger partial charge on any atom is -0.488 e. The number of nitro groups is 1. The molecule has 0 radical (unpaired) electrons. The van der Waals surface area contributed by atoms with E-state index in [-0.39, 0.29) is 18.1 Å². The van der Waals surface area contributed by atoms with E-state index < -0.39 is 10.8 Å². The van der Waals surface area contributed by atoms with Crippen LogP contribution in [0.3, 0.4) is 0 Å². The Bertz CT molecular complexity index is 1390. The molecule has 0 fully saturated rings. The topological polar surface area (TPSA) is 93.8 Å². The maximum absolute atomic E-state index is 13.4. The molecular formula is C23H15BrFN3O4S. The largest absolute Gasteiger partial charge is 0.488 e. The summed E-state index contributed by atoms with van der Waals surface area (Å²) in [6.07, 6.45) is 1.45. The average Bonchev–Trinajstić information content (AvgIpc) is 3.22. The van der Waals surface area contributed by atoms with Gasteiger partial charge in [-0.15, -0.1) is 11.3 Å². The van der Waals surface area contributed by atoms with Crippen LogP contribution in [-0.4, -0.2) is 17.0 Å². The number of halogens is 2. The SMILES string of the molecule is O=C(N/N=C\c1cc(Br)ccc1OCc1cccc(F)c1)c1cc2cc([N+](=O)[O-])ccc2s1. The van der Waals surface area contributed by atoms with Crippen LogP contribution < -0.4 is 10.2 Å². The summed E-state index contributed by atoms with van der Waals surface area (Å²) in [5, 5.41) is 15.6. The van der Waals surface area contributed by atoms with E-state index in [2.05, 4.69) is 26.5 Å². The number of non-ortho nitro benzene ring substituents is 1. The molecule has 10 heteroatoms. The zero-order valence-corrected chi connectivity index (χ0v) is 19.2. The highest BCUT2D eigenvalue weighted by atomic mass is 79.9. The summed E-state index contributed by atoms with van der Waals surface area (Å²) in [5.74, 6) is -0.269. The van der Waals surface area contributed by atoms with Crippen LogP contribution in [-0.2, 0) is 6.61 Å². The summed E-state index contributed by atoms with van der Waals surface area (Å²) in [6.45, 7) is 0.167. The van der Waals surface area contributed by atoms with Crippen molar-refractivity contribution in [2.75, 3.05) is 0 Å². The van der Waals surface area contributed by atoms with E-state index in [1.54, 1.807) is 42.5 Å². The number of nitrogens with zero attached hydrogens (tertiary/aromatic N) is 2. The van der Waals surface area contributed by atoms with Crippen LogP contribution in [0.4, 0.5) is 10.1 Å². The minimum absolute atomic E-state index is 0.0364. The molecule has 33 heavy (non-hydrogen) atoms. The number of amides is 1. The molecule has 1 aromatic heterocycles. The summed E-state index contributed by atoms with van der Waals surface area (Å²) in [6, 6.07) is 17.5. The van der Waals surface area contributed by atoms with Gasteiger partial charge in [-0.1, -0.05) is 28.1 Å². The van der Waals surface area contributed by atoms with Crippen molar-refractivity contribution in [1.29, 1.82) is 0 Å². The summed E-state index contributed by atoms with van der Waals surface area (Å²) < 4.78 is 20.7. The van der Waals surface area contributed by atoms with Crippen molar-refractivity contribution in [1.82, 2.24) is 5.43 Å². The van der Waals surface area contributed by atoms with Crippen molar-refractivity contribution < 1.29 is 18.8 Å². The van der Waals surface area contributed by atoms with Gasteiger partial charge in [0.2, 0.25) is 0 Å². The second-order valence-corrected chi connectivity index (χ2v) is 8.89. The normalized spacial score (nSPS) is 11.1. The molecule has 1 N–H and O–H groups in total. The third-order valence-electron chi connectivity index (χ3n) is 4.56. The predicted molar refractivity (Wildman–Crippen MR) is 128 cm³/mol. The van der Waals surface area contributed by atoms with Gasteiger partial charge < -0.3 is 4.74 Å². The van der Waals surface area contributed by atoms with Crippen LogP contribution in [0.5, 0.6) is 5.75 Å². The maximum atomic E-state index is 13.4. The lowest BCUT2D eigenvalue weighted by atomic mass is 10.2. The number of fused-ring (bicyclic) bond motifs is 1. The van der Waals surface area contributed by atoms with Crippen molar-refractivity contribution >= 4 is 55.2 Å². The van der Waals surface area contributed by atoms with Crippen molar-refractivity contribution in [2.45, 2.75) is 6.61 Å². The number of hydrazone groups is 1. The van der Waals surface area contributed by atoms with E-state index in [0.717, 1.165) is 9.17 Å². The van der Waals surface area contributed by atoms with Gasteiger partial charge in [-0.2, -0.15) is 5.10 Å². The smallest absolute Gasteiger partial charge is 0.281 e. The van der Waals surface area contributed by atoms with Crippen LogP contribution in [0, 0.1) is 15.9 Å². The van der Waals surface area contributed by atoms with Crippen LogP contribution in [0.2, 0.25) is 0 Å². The molecule has 0 saturated carbocycles. The molecule has 0 aliphatic heterocycles. The second-order valence-electron chi connectivity index (χ2n) is 6.89. The molecule has 1 amide bonds. The van der Waals surface area contributed by atoms with Gasteiger partial charge in [0.25, 0.3) is 11.6 Å². The molecular weight excluding hydrogens is 513 g/mol. The Balaban J connectivity index is 1.46. The molecule has 0 spiro atoms. The number of carbonyl (C=O) groups excluding carboxylic acids is 1. The quantitative estimate of drug-likeness (QED) is 0.179. The maximum Gasteiger partial charge on any atom is 0.281 e. The molecule has 0 bridgehead atoms. The first kappa shape index (κ1) is 22.6. The Kier molecular flexibility index (Phi) is 6.76. The van der Waals surface area contributed by atoms with Crippen molar-refractivity contribution in [2.24, 2.45) is 5.10 Å². The van der Waals surface area contributed by atoms with E-state index in [4.69, 9.17) is 4.74 Å². The monoisotopic (exact) mass is 527 g/mol. The number of carbonyl (C=O) groups is 1. The fourth-order valence-corrected chi connectivity index (χ4v) is 4.32. The Morgan fingerprint density at radius 2 is 2.03 bits per heavy atom. The highest BCUT2D eigenvalue weighted by molar-refractivity contribution is 9.10. The molecule has 0 aliphatic carbocycles. The summed E-state index contributed by atoms with van der Waals surface area (Å²) in [7, 11) is 0. The Morgan fingerprint density at radius 1 is 1.18 bits per heavy atom. The number of nitrogens with one attached hydrogen (secondary N) is 1. The van der Waals surface area contributed by atoms with E-state index in [1.807, 2.05) is 0 Å². The fourth-order valence-electron chi connectivity index (χ4n) is 3.01. The number of hydrogen-bond acceptors (Lipinski definition) is 6. The molecule has 0 saturated heterocycles. The van der Waals surface area contributed by atoms with Gasteiger partial charge in [-0.25, -0.2) is 9.82 Å². The van der Waals surface area contributed by atoms with E-state index >= 15 is 0 Å². The number of hydrogen-bond donors (Lipinski definition) is 1. The molecule has 0 aliphatic rings. The fraction of sp³-hybridized carbons (Fsp3) is 0.0435. The molecule has 0 atom stereocenters. The molecule has 7 nitrogen and oxygen atoms in total. The first-order valence-electron chi connectivity index (χ1n) is 9.57. The van der Waals surface area contributed by atoms with Gasteiger partial charge in [0, 0.05) is 32.3 Å². The first-order chi connectivity index (χ1) is 15.9. The van der Waals surface area contributed by atoms with Crippen LogP contribution in [0.1, 0.15) is 20.8 Å². The third kappa shape index (κ3) is 5.60. The first-order valence-corrected chi connectivity index (χ1v) is 11.2. The molecule has 4 aromatic rings. The zero-order chi connectivity index (χ0) is 23.4. The Hall–Kier alpha value is -3.63. The zero-order valence-electron chi connectivity index (χ0n) is 16.8. The van der Waals surface area contributed by atoms with Gasteiger partial charge in [-0.3, -0.25) is 14.9 Å². The van der Waals surface area contributed by atoms with Crippen molar-refractivity contribution in [3.05, 3.63) is 103 Å². The van der Waals surface area contributed by atoms with Gasteiger partial charge in [0.05, 0.1) is 16.0 Å². The molecule has 3 aromatic carbocycles. The van der Waals surface area contributed by atoms with E-state index in [1.165, 1.54) is 41.8 Å². The van der Waals surface area contributed by atoms with Gasteiger partial charge in [0.1, 0.15) is 18.2 Å². The molecule has 166 valence electrons. The highest BCUT2D eigenvalue weighted by Crippen LogP contribution is 2.29. The second kappa shape index (κ2) is 9.88. The lowest BCUT2D eigenvalue weighted by Gasteiger charge is -2.10. The van der Waals surface area contributed by atoms with Gasteiger partial charge in [-0.05, 0) is 48.0 Å². The summed E-state index contributed by atoms with van der Waals surface area (Å²) in [5.41, 5.74) is 3.71. The Labute approximate surface area is 199 Å². The lowest BCUT2D eigenvalue weighted by molar-refractivity contribution is -0.384. The molecule has 0 unspecified atom stereocenters. The van der Waals surface area contributed by atoms with Crippen LogP contribution in [0.25, 0.3) is 10.1 Å². The lowest BCUT2D eigenvalue weighted by Crippen LogP contribution is -2.16. The summed E-state index contributed by atoms with van der Waals surface area (Å²) in [4.78, 5) is 23.3. The molecule has 4 rings (SSSR count). The van der Waals surface area contributed by atoms with Gasteiger partial charge in [0.15, 0.2) is 0 Å². The summed E-state index contributed by atoms with van der Waals surface area (Å²) >= 11 is 4.61. The third-order valence-corrected chi connectivity index (χ3v) is 6.17. The van der Waals surface area contributed by atoms with E-state index in [9.17, 15) is 19.3 Å². The average molecular weight is 528 g/mol. The number of nitro benzene ring substituents is 1. The number of ether oxygens (including phenoxy) is 1. The Morgan fingerprint density at radius 3 is 2.82 bits per heavy atom. The highest BCUT2D eigenvalue weighted by Gasteiger charge is 2.13. The minimum atomic E-state index is -0.479. The molecule has 1 heterocycles. The van der Waals surface area contributed by atoms with Crippen LogP contribution in [0.15, 0.2) is 76.3 Å². The number of benzene rings is 3.